The van der Waals surface area contributed by atoms with Crippen molar-refractivity contribution in [2.75, 3.05) is 5.32 Å². The van der Waals surface area contributed by atoms with Crippen molar-refractivity contribution in [2.24, 2.45) is 0 Å². The molecule has 1 aromatic rings. The molecule has 0 aliphatic heterocycles. The highest BCUT2D eigenvalue weighted by atomic mass is 19.4. The van der Waals surface area contributed by atoms with Crippen LogP contribution in [0.5, 0.6) is 0 Å². The Hall–Kier alpha value is -2.05. The van der Waals surface area contributed by atoms with Gasteiger partial charge in [-0.1, -0.05) is 6.07 Å². The summed E-state index contributed by atoms with van der Waals surface area (Å²) < 4.78 is 36.2. The van der Waals surface area contributed by atoms with E-state index in [0.29, 0.717) is 0 Å². The van der Waals surface area contributed by atoms with E-state index in [1.807, 2.05) is 0 Å². The molecule has 19 heavy (non-hydrogen) atoms. The Morgan fingerprint density at radius 3 is 2.37 bits per heavy atom. The van der Waals surface area contributed by atoms with Crippen molar-refractivity contribution in [3.05, 3.63) is 29.8 Å². The molecule has 0 unspecified atom stereocenters. The molecule has 0 saturated carbocycles. The number of halogens is 3. The Labute approximate surface area is 108 Å². The first-order chi connectivity index (χ1) is 8.70. The van der Waals surface area contributed by atoms with Crippen LogP contribution in [-0.4, -0.2) is 24.0 Å². The van der Waals surface area contributed by atoms with E-state index in [2.05, 4.69) is 5.32 Å². The van der Waals surface area contributed by atoms with Crippen LogP contribution in [0.3, 0.4) is 0 Å². The van der Waals surface area contributed by atoms with E-state index in [-0.39, 0.29) is 17.3 Å². The number of amides is 2. The average Bonchev–Trinajstić information content (AvgIpc) is 2.27. The van der Waals surface area contributed by atoms with Gasteiger partial charge in [-0.3, -0.25) is 9.59 Å². The number of rotatable bonds is 3. The highest BCUT2D eigenvalue weighted by Crippen LogP contribution is 2.18. The smallest absolute Gasteiger partial charge is 0.350 e. The SMILES string of the molecule is CC(C)NC(=O)c1cccc(NC(=O)C(F)(F)F)c1. The molecular formula is C12H13F3N2O2. The number of anilines is 1. The topological polar surface area (TPSA) is 58.2 Å². The highest BCUT2D eigenvalue weighted by molar-refractivity contribution is 5.98. The van der Waals surface area contributed by atoms with Gasteiger partial charge in [0.2, 0.25) is 0 Å². The molecule has 0 atom stereocenters. The summed E-state index contributed by atoms with van der Waals surface area (Å²) in [4.78, 5) is 22.4. The summed E-state index contributed by atoms with van der Waals surface area (Å²) in [5.41, 5.74) is 0.0902. The van der Waals surface area contributed by atoms with Crippen LogP contribution in [-0.2, 0) is 4.79 Å². The second-order valence-corrected chi connectivity index (χ2v) is 4.16. The van der Waals surface area contributed by atoms with Crippen LogP contribution >= 0.6 is 0 Å². The van der Waals surface area contributed by atoms with Gasteiger partial charge in [-0.05, 0) is 32.0 Å². The molecule has 0 bridgehead atoms. The Morgan fingerprint density at radius 1 is 1.21 bits per heavy atom. The van der Waals surface area contributed by atoms with Crippen molar-refractivity contribution >= 4 is 17.5 Å². The second-order valence-electron chi connectivity index (χ2n) is 4.16. The molecule has 7 heteroatoms. The van der Waals surface area contributed by atoms with Gasteiger partial charge in [0.05, 0.1) is 0 Å². The first kappa shape index (κ1) is 15.0. The molecule has 2 N–H and O–H groups in total. The molecule has 1 rings (SSSR count). The lowest BCUT2D eigenvalue weighted by Crippen LogP contribution is -2.31. The summed E-state index contributed by atoms with van der Waals surface area (Å²) >= 11 is 0. The Balaban J connectivity index is 2.83. The van der Waals surface area contributed by atoms with Crippen molar-refractivity contribution in [2.45, 2.75) is 26.1 Å². The molecule has 0 radical (unpaired) electrons. The first-order valence-electron chi connectivity index (χ1n) is 5.49. The van der Waals surface area contributed by atoms with E-state index < -0.39 is 18.0 Å². The molecule has 0 aliphatic rings. The van der Waals surface area contributed by atoms with E-state index in [4.69, 9.17) is 0 Å². The maximum atomic E-state index is 12.1. The summed E-state index contributed by atoms with van der Waals surface area (Å²) in [5, 5.41) is 4.28. The Bertz CT molecular complexity index is 484. The number of alkyl halides is 3. The van der Waals surface area contributed by atoms with Crippen LogP contribution in [0.1, 0.15) is 24.2 Å². The van der Waals surface area contributed by atoms with Crippen molar-refractivity contribution in [3.8, 4) is 0 Å². The van der Waals surface area contributed by atoms with E-state index in [9.17, 15) is 22.8 Å². The molecule has 0 saturated heterocycles. The normalized spacial score (nSPS) is 11.3. The number of carbonyl (C=O) groups is 2. The standard InChI is InChI=1S/C12H13F3N2O2/c1-7(2)16-10(18)8-4-3-5-9(6-8)17-11(19)12(13,14)15/h3-7H,1-2H3,(H,16,18)(H,17,19). The molecule has 0 spiro atoms. The zero-order valence-electron chi connectivity index (χ0n) is 10.3. The largest absolute Gasteiger partial charge is 0.471 e. The zero-order chi connectivity index (χ0) is 14.6. The molecule has 0 aromatic heterocycles. The summed E-state index contributed by atoms with van der Waals surface area (Å²) in [6.07, 6.45) is -4.96. The fourth-order valence-electron chi connectivity index (χ4n) is 1.29. The lowest BCUT2D eigenvalue weighted by molar-refractivity contribution is -0.167. The third-order valence-electron chi connectivity index (χ3n) is 2.06. The maximum Gasteiger partial charge on any atom is 0.471 e. The van der Waals surface area contributed by atoms with Crippen molar-refractivity contribution in [1.29, 1.82) is 0 Å². The number of benzene rings is 1. The molecule has 4 nitrogen and oxygen atoms in total. The molecular weight excluding hydrogens is 261 g/mol. The van der Waals surface area contributed by atoms with Gasteiger partial charge in [-0.25, -0.2) is 0 Å². The first-order valence-corrected chi connectivity index (χ1v) is 5.49. The van der Waals surface area contributed by atoms with E-state index >= 15 is 0 Å². The number of hydrogen-bond donors (Lipinski definition) is 2. The van der Waals surface area contributed by atoms with Gasteiger partial charge in [0, 0.05) is 17.3 Å². The quantitative estimate of drug-likeness (QED) is 0.888. The summed E-state index contributed by atoms with van der Waals surface area (Å²) in [7, 11) is 0. The van der Waals surface area contributed by atoms with E-state index in [0.717, 1.165) is 0 Å². The maximum absolute atomic E-state index is 12.1. The van der Waals surface area contributed by atoms with Crippen LogP contribution in [0.4, 0.5) is 18.9 Å². The predicted octanol–water partition coefficient (Wildman–Crippen LogP) is 2.33. The van der Waals surface area contributed by atoms with Crippen LogP contribution in [0, 0.1) is 0 Å². The van der Waals surface area contributed by atoms with Gasteiger partial charge >= 0.3 is 12.1 Å². The minimum absolute atomic E-state index is 0.0845. The zero-order valence-corrected chi connectivity index (χ0v) is 10.3. The van der Waals surface area contributed by atoms with Crippen LogP contribution in [0.25, 0.3) is 0 Å². The molecule has 1 aromatic carbocycles. The fraction of sp³-hybridized carbons (Fsp3) is 0.333. The monoisotopic (exact) mass is 274 g/mol. The third kappa shape index (κ3) is 4.61. The Morgan fingerprint density at radius 2 is 1.84 bits per heavy atom. The van der Waals surface area contributed by atoms with Crippen molar-refractivity contribution in [3.63, 3.8) is 0 Å². The van der Waals surface area contributed by atoms with Crippen molar-refractivity contribution < 1.29 is 22.8 Å². The van der Waals surface area contributed by atoms with E-state index in [1.165, 1.54) is 24.3 Å². The summed E-state index contributed by atoms with van der Waals surface area (Å²) in [6, 6.07) is 5.19. The highest BCUT2D eigenvalue weighted by Gasteiger charge is 2.38. The Kier molecular flexibility index (Phi) is 4.52. The molecule has 2 amide bonds. The van der Waals surface area contributed by atoms with Crippen molar-refractivity contribution in [1.82, 2.24) is 5.32 Å². The van der Waals surface area contributed by atoms with E-state index in [1.54, 1.807) is 19.2 Å². The van der Waals surface area contributed by atoms with Gasteiger partial charge in [-0.2, -0.15) is 13.2 Å². The number of nitrogens with one attached hydrogen (secondary N) is 2. The van der Waals surface area contributed by atoms with Crippen LogP contribution in [0.2, 0.25) is 0 Å². The fourth-order valence-corrected chi connectivity index (χ4v) is 1.29. The van der Waals surface area contributed by atoms with Gasteiger partial charge in [0.15, 0.2) is 0 Å². The lowest BCUT2D eigenvalue weighted by atomic mass is 10.1. The molecule has 0 aliphatic carbocycles. The van der Waals surface area contributed by atoms with Gasteiger partial charge in [0.1, 0.15) is 0 Å². The summed E-state index contributed by atoms with van der Waals surface area (Å²) in [5.74, 6) is -2.49. The van der Waals surface area contributed by atoms with Gasteiger partial charge in [0.25, 0.3) is 5.91 Å². The van der Waals surface area contributed by atoms with Gasteiger partial charge in [-0.15, -0.1) is 0 Å². The van der Waals surface area contributed by atoms with Crippen LogP contribution < -0.4 is 10.6 Å². The number of hydrogen-bond acceptors (Lipinski definition) is 2. The molecule has 0 heterocycles. The number of carbonyl (C=O) groups excluding carboxylic acids is 2. The van der Waals surface area contributed by atoms with Gasteiger partial charge < -0.3 is 10.6 Å². The lowest BCUT2D eigenvalue weighted by Gasteiger charge is -2.11. The minimum atomic E-state index is -4.96. The minimum Gasteiger partial charge on any atom is -0.350 e. The summed E-state index contributed by atoms with van der Waals surface area (Å²) in [6.45, 7) is 3.51. The third-order valence-corrected chi connectivity index (χ3v) is 2.06. The molecule has 104 valence electrons. The van der Waals surface area contributed by atoms with Crippen LogP contribution in [0.15, 0.2) is 24.3 Å². The molecule has 0 fully saturated rings. The second kappa shape index (κ2) is 5.73. The average molecular weight is 274 g/mol. The predicted molar refractivity (Wildman–Crippen MR) is 63.7 cm³/mol.